The molecule has 0 atom stereocenters. The van der Waals surface area contributed by atoms with Crippen molar-refractivity contribution in [3.63, 3.8) is 0 Å². The summed E-state index contributed by atoms with van der Waals surface area (Å²) in [4.78, 5) is 37.8. The highest BCUT2D eigenvalue weighted by molar-refractivity contribution is 6.29. The summed E-state index contributed by atoms with van der Waals surface area (Å²) >= 11 is 17.2. The Balaban J connectivity index is 0.000000277. The largest absolute Gasteiger partial charge is 0.368 e. The molecule has 0 spiro atoms. The van der Waals surface area contributed by atoms with E-state index in [0.717, 1.165) is 35.6 Å². The van der Waals surface area contributed by atoms with E-state index in [1.54, 1.807) is 59.8 Å². The number of hydrogen-bond donors (Lipinski definition) is 1. The minimum Gasteiger partial charge on any atom is -0.368 e. The molecule has 0 radical (unpaired) electrons. The van der Waals surface area contributed by atoms with Gasteiger partial charge in [-0.15, -0.1) is 4.99 Å². The fourth-order valence-corrected chi connectivity index (χ4v) is 5.30. The van der Waals surface area contributed by atoms with Crippen LogP contribution in [0.4, 0.5) is 0 Å². The Hall–Kier alpha value is -5.17. The van der Waals surface area contributed by atoms with E-state index in [9.17, 15) is 10.1 Å². The number of nitro groups is 1. The molecule has 1 aliphatic heterocycles. The minimum absolute atomic E-state index is 0.336. The van der Waals surface area contributed by atoms with Gasteiger partial charge in [0.15, 0.2) is 5.03 Å². The molecular formula is C34H45Cl3N14O2. The maximum atomic E-state index is 10.7. The normalized spacial score (nSPS) is 13.4. The predicted octanol–water partition coefficient (Wildman–Crippen LogP) is 4.84. The molecule has 0 unspecified atom stereocenters. The quantitative estimate of drug-likeness (QED) is 0.0566. The molecule has 1 N–H and O–H groups in total. The van der Waals surface area contributed by atoms with Crippen molar-refractivity contribution in [3.05, 3.63) is 115 Å². The summed E-state index contributed by atoms with van der Waals surface area (Å²) in [5, 5.41) is 26.5. The number of hydrazone groups is 1. The minimum atomic E-state index is -0.676. The summed E-state index contributed by atoms with van der Waals surface area (Å²) in [6.45, 7) is 9.61. The SMILES string of the molecule is C=C=C(NC)N(CC)Cc1ccc(Cl)nc1.CN(C)C(=NC#N)N(C)Cc1ccc(Cl)nc1.CN1CN(C)/C(=N\[N+](=O)[O-])N(Cc2ccc(Cl)nc2)C1. The lowest BCUT2D eigenvalue weighted by Gasteiger charge is -2.40. The third kappa shape index (κ3) is 15.5. The number of aromatic nitrogens is 3. The van der Waals surface area contributed by atoms with Crippen molar-refractivity contribution in [2.24, 2.45) is 10.1 Å². The van der Waals surface area contributed by atoms with Gasteiger partial charge in [-0.05, 0) is 48.9 Å². The molecule has 0 amide bonds. The second-order valence-corrected chi connectivity index (χ2v) is 12.9. The van der Waals surface area contributed by atoms with Gasteiger partial charge in [0.1, 0.15) is 26.4 Å². The van der Waals surface area contributed by atoms with Gasteiger partial charge in [0.25, 0.3) is 5.96 Å². The highest BCUT2D eigenvalue weighted by Gasteiger charge is 2.27. The van der Waals surface area contributed by atoms with E-state index in [1.807, 2.05) is 68.1 Å². The third-order valence-corrected chi connectivity index (χ3v) is 7.86. The standard InChI is InChI=1S/C12H16ClN3.C11H15ClN6O2.C11H14ClN5/c1-4-12(14-3)16(5-2)9-10-6-7-11(13)15-8-10;1-15-7-16(2)11(14-18(19)20)17(8-15)6-9-3-4-10(12)13-5-9;1-16(2)11(15-8-13)17(3)7-9-4-5-10(12)14-6-9/h6-8,14H,1,5,9H2,2-3H3;3-5H,6-8H2,1-2H3;4-6H,7H2,1-3H3/b;14-11+;. The predicted molar refractivity (Wildman–Crippen MR) is 209 cm³/mol. The Labute approximate surface area is 326 Å². The molecule has 53 heavy (non-hydrogen) atoms. The van der Waals surface area contributed by atoms with E-state index < -0.39 is 5.03 Å². The third-order valence-electron chi connectivity index (χ3n) is 7.19. The highest BCUT2D eigenvalue weighted by Crippen LogP contribution is 2.14. The van der Waals surface area contributed by atoms with Crippen LogP contribution in [0.25, 0.3) is 0 Å². The first-order valence-electron chi connectivity index (χ1n) is 16.1. The first-order valence-corrected chi connectivity index (χ1v) is 17.2. The topological polar surface area (TPSA) is 162 Å². The van der Waals surface area contributed by atoms with E-state index >= 15 is 0 Å². The van der Waals surface area contributed by atoms with Crippen LogP contribution in [0.2, 0.25) is 15.5 Å². The van der Waals surface area contributed by atoms with Gasteiger partial charge >= 0.3 is 0 Å². The molecule has 4 rings (SSSR count). The number of rotatable bonds is 10. The van der Waals surface area contributed by atoms with Crippen molar-refractivity contribution in [1.82, 2.24) is 49.7 Å². The van der Waals surface area contributed by atoms with E-state index in [2.05, 4.69) is 54.5 Å². The summed E-state index contributed by atoms with van der Waals surface area (Å²) < 4.78 is 0. The number of nitriles is 1. The van der Waals surface area contributed by atoms with Gasteiger partial charge in [-0.2, -0.15) is 5.26 Å². The Morgan fingerprint density at radius 3 is 1.91 bits per heavy atom. The summed E-state index contributed by atoms with van der Waals surface area (Å²) in [5.74, 6) is 1.82. The van der Waals surface area contributed by atoms with Gasteiger partial charge in [-0.25, -0.2) is 25.1 Å². The van der Waals surface area contributed by atoms with Crippen LogP contribution in [-0.2, 0) is 19.6 Å². The van der Waals surface area contributed by atoms with Gasteiger partial charge in [0, 0.05) is 80.0 Å². The van der Waals surface area contributed by atoms with Crippen molar-refractivity contribution >= 4 is 46.7 Å². The molecule has 1 saturated heterocycles. The molecule has 19 heteroatoms. The lowest BCUT2D eigenvalue weighted by Crippen LogP contribution is -2.56. The van der Waals surface area contributed by atoms with Crippen molar-refractivity contribution in [1.29, 1.82) is 5.26 Å². The molecule has 0 bridgehead atoms. The number of halogens is 3. The van der Waals surface area contributed by atoms with Crippen LogP contribution in [0.5, 0.6) is 0 Å². The summed E-state index contributed by atoms with van der Waals surface area (Å²) in [6.07, 6.45) is 6.93. The molecule has 3 aromatic heterocycles. The maximum absolute atomic E-state index is 10.7. The van der Waals surface area contributed by atoms with Gasteiger partial charge in [-0.3, -0.25) is 4.90 Å². The first kappa shape index (κ1) is 44.0. The summed E-state index contributed by atoms with van der Waals surface area (Å²) in [5.41, 5.74) is 5.89. The monoisotopic (exact) mass is 786 g/mol. The van der Waals surface area contributed by atoms with Crippen molar-refractivity contribution in [2.75, 3.05) is 62.2 Å². The smallest absolute Gasteiger partial charge is 0.276 e. The van der Waals surface area contributed by atoms with E-state index in [-0.39, 0.29) is 0 Å². The number of hydrogen-bond acceptors (Lipinski definition) is 10. The number of nitrogens with zero attached hydrogens (tertiary/aromatic N) is 13. The first-order chi connectivity index (χ1) is 25.2. The number of nitrogens with one attached hydrogen (secondary N) is 1. The number of pyridine rings is 3. The molecule has 284 valence electrons. The summed E-state index contributed by atoms with van der Waals surface area (Å²) in [7, 11) is 11.1. The lowest BCUT2D eigenvalue weighted by atomic mass is 10.2. The van der Waals surface area contributed by atoms with Crippen molar-refractivity contribution < 1.29 is 5.03 Å². The van der Waals surface area contributed by atoms with E-state index in [0.29, 0.717) is 53.8 Å². The van der Waals surface area contributed by atoms with Crippen molar-refractivity contribution in [3.8, 4) is 6.19 Å². The Morgan fingerprint density at radius 2 is 1.49 bits per heavy atom. The molecule has 1 aliphatic rings. The van der Waals surface area contributed by atoms with Crippen LogP contribution in [0, 0.1) is 21.6 Å². The van der Waals surface area contributed by atoms with Crippen molar-refractivity contribution in [2.45, 2.75) is 26.6 Å². The fourth-order valence-electron chi connectivity index (χ4n) is 4.96. The Bertz CT molecular complexity index is 1740. The number of guanidine groups is 2. The highest BCUT2D eigenvalue weighted by atomic mass is 35.5. The van der Waals surface area contributed by atoms with Crippen LogP contribution in [0.15, 0.2) is 83.2 Å². The van der Waals surface area contributed by atoms with Crippen LogP contribution in [-0.4, -0.2) is 123 Å². The maximum Gasteiger partial charge on any atom is 0.276 e. The Morgan fingerprint density at radius 1 is 0.962 bits per heavy atom. The van der Waals surface area contributed by atoms with Gasteiger partial charge in [0.2, 0.25) is 12.2 Å². The van der Waals surface area contributed by atoms with Crippen LogP contribution in [0.1, 0.15) is 23.6 Å². The van der Waals surface area contributed by atoms with E-state index in [4.69, 9.17) is 40.1 Å². The zero-order chi connectivity index (χ0) is 39.5. The average molecular weight is 788 g/mol. The molecule has 0 aromatic carbocycles. The Kier molecular flexibility index (Phi) is 18.8. The second kappa shape index (κ2) is 22.7. The molecule has 0 saturated carbocycles. The fraction of sp³-hybridized carbons (Fsp3) is 0.382. The van der Waals surface area contributed by atoms with Crippen LogP contribution in [0.3, 0.4) is 0 Å². The lowest BCUT2D eigenvalue weighted by molar-refractivity contribution is -0.486. The second-order valence-electron chi connectivity index (χ2n) is 11.7. The molecule has 3 aromatic rings. The van der Waals surface area contributed by atoms with E-state index in [1.165, 1.54) is 0 Å². The molecular weight excluding hydrogens is 743 g/mol. The van der Waals surface area contributed by atoms with Gasteiger partial charge in [0.05, 0.1) is 13.3 Å². The summed E-state index contributed by atoms with van der Waals surface area (Å²) in [6, 6.07) is 10.9. The molecule has 16 nitrogen and oxygen atoms in total. The van der Waals surface area contributed by atoms with Crippen LogP contribution < -0.4 is 5.32 Å². The van der Waals surface area contributed by atoms with Gasteiger partial charge in [-0.1, -0.05) is 65.3 Å². The van der Waals surface area contributed by atoms with Crippen LogP contribution >= 0.6 is 34.8 Å². The number of aliphatic imine (C=N–C) groups is 1. The average Bonchev–Trinajstić information content (AvgIpc) is 3.11. The molecule has 1 fully saturated rings. The molecule has 4 heterocycles. The molecule has 0 aliphatic carbocycles. The zero-order valence-electron chi connectivity index (χ0n) is 30.9. The zero-order valence-corrected chi connectivity index (χ0v) is 33.2. The van der Waals surface area contributed by atoms with Gasteiger partial charge < -0.3 is 29.8 Å².